The topological polar surface area (TPSA) is 57.4 Å². The molecule has 220 valence electrons. The number of fused-ring (bicyclic) bond motifs is 8. The molecule has 3 aromatic rings. The van der Waals surface area contributed by atoms with Crippen molar-refractivity contribution in [1.82, 2.24) is 19.9 Å². The van der Waals surface area contributed by atoms with Crippen LogP contribution in [0.25, 0.3) is 44.4 Å². The summed E-state index contributed by atoms with van der Waals surface area (Å²) in [5.74, 6) is 0. The molecule has 5 heterocycles. The van der Waals surface area contributed by atoms with E-state index in [0.717, 1.165) is 73.8 Å². The Morgan fingerprint density at radius 2 is 0.976 bits per heavy atom. The molecule has 4 nitrogen and oxygen atoms in total. The third-order valence-electron chi connectivity index (χ3n) is 8.91. The molecule has 0 saturated carbocycles. The van der Waals surface area contributed by atoms with Crippen LogP contribution in [0.5, 0.6) is 0 Å². The summed E-state index contributed by atoms with van der Waals surface area (Å²) in [6.07, 6.45) is 7.74. The van der Waals surface area contributed by atoms with E-state index in [1.807, 2.05) is 0 Å². The molecule has 0 atom stereocenters. The standard InChI is InChI=1S/C36H46N4.Cu/c1-9-23-25(11-3)33-29(15-7)35-27(13-5)28(14-6)36(40-35)30(16-8)34-26(12-4)24(10-2)32(39-34)20-22-18-17-21(37-22)19-31(23)38-33;/h17-20,37-38H,9-16H2,1-8H3;/q;+1. The Morgan fingerprint density at radius 1 is 0.488 bits per heavy atom. The third-order valence-corrected chi connectivity index (χ3v) is 8.91. The van der Waals surface area contributed by atoms with Gasteiger partial charge < -0.3 is 9.97 Å². The van der Waals surface area contributed by atoms with Crippen LogP contribution in [0.15, 0.2) is 24.3 Å². The number of hydrogen-bond acceptors (Lipinski definition) is 2. The molecule has 0 aromatic carbocycles. The SMILES string of the molecule is CCC1=C(CC)c2nc1cc1ccc(cc3[nH]c(c(CC)c4nc(c2CC)C(CC)=C4CC)c(CC)c3CC)[nH]1.[Cu+]. The van der Waals surface area contributed by atoms with Gasteiger partial charge in [-0.2, -0.15) is 0 Å². The number of aryl methyl sites for hydroxylation is 3. The summed E-state index contributed by atoms with van der Waals surface area (Å²) in [6.45, 7) is 18.2. The summed E-state index contributed by atoms with van der Waals surface area (Å²) in [7, 11) is 0. The van der Waals surface area contributed by atoms with E-state index < -0.39 is 0 Å². The van der Waals surface area contributed by atoms with Gasteiger partial charge in [-0.3, -0.25) is 0 Å². The summed E-state index contributed by atoms with van der Waals surface area (Å²) >= 11 is 0. The maximum absolute atomic E-state index is 5.57. The van der Waals surface area contributed by atoms with Crippen LogP contribution in [0.3, 0.4) is 0 Å². The van der Waals surface area contributed by atoms with Crippen LogP contribution in [-0.2, 0) is 42.8 Å². The predicted octanol–water partition coefficient (Wildman–Crippen LogP) is 10.0. The number of rotatable bonds is 8. The zero-order valence-electron chi connectivity index (χ0n) is 26.2. The maximum Gasteiger partial charge on any atom is 1.00 e. The average Bonchev–Trinajstić information content (AvgIpc) is 3.73. The molecule has 2 aliphatic heterocycles. The van der Waals surface area contributed by atoms with Gasteiger partial charge in [-0.1, -0.05) is 55.4 Å². The van der Waals surface area contributed by atoms with Crippen molar-refractivity contribution in [3.63, 3.8) is 0 Å². The van der Waals surface area contributed by atoms with Crippen LogP contribution in [0.1, 0.15) is 126 Å². The number of H-pyrrole nitrogens is 2. The summed E-state index contributed by atoms with van der Waals surface area (Å²) < 4.78 is 0. The maximum atomic E-state index is 5.57. The van der Waals surface area contributed by atoms with E-state index in [0.29, 0.717) is 0 Å². The quantitative estimate of drug-likeness (QED) is 0.254. The summed E-state index contributed by atoms with van der Waals surface area (Å²) in [5, 5.41) is 0. The number of allylic oxidation sites excluding steroid dienone is 4. The molecular weight excluding hydrogens is 552 g/mol. The molecule has 5 rings (SSSR count). The van der Waals surface area contributed by atoms with Crippen molar-refractivity contribution in [3.8, 4) is 0 Å². The Balaban J connectivity index is 0.00000387. The largest absolute Gasteiger partial charge is 1.00 e. The van der Waals surface area contributed by atoms with Gasteiger partial charge in [-0.25, -0.2) is 9.97 Å². The van der Waals surface area contributed by atoms with Crippen molar-refractivity contribution in [2.75, 3.05) is 0 Å². The van der Waals surface area contributed by atoms with Gasteiger partial charge in [-0.05, 0) is 109 Å². The zero-order chi connectivity index (χ0) is 28.6. The molecule has 41 heavy (non-hydrogen) atoms. The number of nitrogens with zero attached hydrogens (tertiary/aromatic N) is 2. The molecule has 0 aliphatic carbocycles. The van der Waals surface area contributed by atoms with Crippen molar-refractivity contribution in [3.05, 3.63) is 69.3 Å². The van der Waals surface area contributed by atoms with Crippen LogP contribution in [-0.4, -0.2) is 19.9 Å². The Kier molecular flexibility index (Phi) is 9.82. The van der Waals surface area contributed by atoms with E-state index in [-0.39, 0.29) is 17.1 Å². The second kappa shape index (κ2) is 13.0. The van der Waals surface area contributed by atoms with Gasteiger partial charge in [0.25, 0.3) is 0 Å². The first-order valence-corrected chi connectivity index (χ1v) is 15.7. The molecule has 3 aromatic heterocycles. The predicted molar refractivity (Wildman–Crippen MR) is 173 cm³/mol. The third kappa shape index (κ3) is 5.17. The van der Waals surface area contributed by atoms with Crippen molar-refractivity contribution >= 4 is 44.4 Å². The smallest absolute Gasteiger partial charge is 0.355 e. The molecule has 0 spiro atoms. The van der Waals surface area contributed by atoms with Gasteiger partial charge in [0.15, 0.2) is 0 Å². The molecule has 5 heteroatoms. The first-order chi connectivity index (χ1) is 19.5. The van der Waals surface area contributed by atoms with Gasteiger partial charge >= 0.3 is 17.1 Å². The van der Waals surface area contributed by atoms with Crippen LogP contribution >= 0.6 is 0 Å². The fourth-order valence-electron chi connectivity index (χ4n) is 7.07. The molecule has 0 unspecified atom stereocenters. The fourth-order valence-corrected chi connectivity index (χ4v) is 7.07. The average molecular weight is 598 g/mol. The van der Waals surface area contributed by atoms with Gasteiger partial charge in [0.05, 0.1) is 22.8 Å². The van der Waals surface area contributed by atoms with E-state index >= 15 is 0 Å². The van der Waals surface area contributed by atoms with Crippen LogP contribution in [0, 0.1) is 0 Å². The fraction of sp³-hybridized carbons (Fsp3) is 0.444. The van der Waals surface area contributed by atoms with E-state index in [1.165, 1.54) is 67.0 Å². The van der Waals surface area contributed by atoms with Gasteiger partial charge in [0.2, 0.25) is 0 Å². The molecule has 2 N–H and O–H groups in total. The Bertz CT molecular complexity index is 1680. The number of aromatic amines is 2. The molecule has 0 radical (unpaired) electrons. The minimum Gasteiger partial charge on any atom is -0.355 e. The van der Waals surface area contributed by atoms with E-state index in [1.54, 1.807) is 0 Å². The summed E-state index contributed by atoms with van der Waals surface area (Å²) in [5.41, 5.74) is 20.3. The Labute approximate surface area is 256 Å². The zero-order valence-corrected chi connectivity index (χ0v) is 27.1. The van der Waals surface area contributed by atoms with Gasteiger partial charge in [0, 0.05) is 33.2 Å². The van der Waals surface area contributed by atoms with Crippen molar-refractivity contribution in [2.24, 2.45) is 0 Å². The van der Waals surface area contributed by atoms with Crippen LogP contribution in [0.4, 0.5) is 0 Å². The first kappa shape index (κ1) is 31.1. The Morgan fingerprint density at radius 3 is 1.51 bits per heavy atom. The summed E-state index contributed by atoms with van der Waals surface area (Å²) in [4.78, 5) is 18.5. The van der Waals surface area contributed by atoms with E-state index in [9.17, 15) is 0 Å². The molecule has 0 saturated heterocycles. The number of nitrogens with one attached hydrogen (secondary N) is 2. The van der Waals surface area contributed by atoms with Gasteiger partial charge in [-0.15, -0.1) is 0 Å². The van der Waals surface area contributed by atoms with Crippen molar-refractivity contribution in [1.29, 1.82) is 0 Å². The second-order valence-electron chi connectivity index (χ2n) is 10.9. The van der Waals surface area contributed by atoms with E-state index in [4.69, 9.17) is 9.97 Å². The summed E-state index contributed by atoms with van der Waals surface area (Å²) in [6, 6.07) is 8.89. The molecular formula is C36H46CuN4+. The number of aromatic nitrogens is 4. The van der Waals surface area contributed by atoms with Crippen molar-refractivity contribution < 1.29 is 17.1 Å². The molecule has 8 bridgehead atoms. The monoisotopic (exact) mass is 597 g/mol. The minimum atomic E-state index is 0. The first-order valence-electron chi connectivity index (χ1n) is 15.7. The molecule has 0 amide bonds. The molecule has 0 fully saturated rings. The second-order valence-corrected chi connectivity index (χ2v) is 10.9. The van der Waals surface area contributed by atoms with Crippen LogP contribution < -0.4 is 0 Å². The van der Waals surface area contributed by atoms with Gasteiger partial charge in [0.1, 0.15) is 0 Å². The normalized spacial score (nSPS) is 13.3. The van der Waals surface area contributed by atoms with E-state index in [2.05, 4.69) is 89.6 Å². The Hall–Kier alpha value is -2.88. The number of hydrogen-bond donors (Lipinski definition) is 2. The molecule has 2 aliphatic rings. The van der Waals surface area contributed by atoms with Crippen molar-refractivity contribution in [2.45, 2.75) is 107 Å². The van der Waals surface area contributed by atoms with Crippen LogP contribution in [0.2, 0.25) is 0 Å². The minimum absolute atomic E-state index is 0.